The number of nitro benzene ring substituents is 1. The Morgan fingerprint density at radius 1 is 1.07 bits per heavy atom. The zero-order chi connectivity index (χ0) is 28.3. The zero-order valence-electron chi connectivity index (χ0n) is 21.6. The van der Waals surface area contributed by atoms with Crippen molar-refractivity contribution < 1.29 is 22.9 Å². The first-order valence-corrected chi connectivity index (χ1v) is 15.0. The number of nitro groups is 1. The van der Waals surface area contributed by atoms with Crippen LogP contribution in [-0.4, -0.2) is 59.1 Å². The predicted octanol–water partition coefficient (Wildman–Crippen LogP) is 4.85. The molecule has 0 saturated carbocycles. The number of amides is 1. The number of aromatic nitrogens is 2. The maximum atomic E-state index is 12.9. The Labute approximate surface area is 235 Å². The van der Waals surface area contributed by atoms with Crippen LogP contribution in [0.2, 0.25) is 0 Å². The summed E-state index contributed by atoms with van der Waals surface area (Å²) >= 11 is 1.17. The number of fused-ring (bicyclic) bond motifs is 1. The average Bonchev–Trinajstić information content (AvgIpc) is 3.34. The van der Waals surface area contributed by atoms with Crippen molar-refractivity contribution in [1.29, 1.82) is 0 Å². The van der Waals surface area contributed by atoms with Crippen LogP contribution in [-0.2, 0) is 14.8 Å². The molecule has 3 aromatic carbocycles. The highest BCUT2D eigenvalue weighted by Crippen LogP contribution is 2.34. The van der Waals surface area contributed by atoms with E-state index < -0.39 is 14.9 Å². The summed E-state index contributed by atoms with van der Waals surface area (Å²) in [6.07, 6.45) is 2.74. The van der Waals surface area contributed by atoms with E-state index in [2.05, 4.69) is 10.3 Å². The molecule has 1 aliphatic heterocycles. The monoisotopic (exact) mass is 581 g/mol. The molecule has 5 rings (SSSR count). The van der Waals surface area contributed by atoms with Crippen molar-refractivity contribution in [2.24, 2.45) is 0 Å². The van der Waals surface area contributed by atoms with Gasteiger partial charge in [-0.2, -0.15) is 4.31 Å². The lowest BCUT2D eigenvalue weighted by atomic mass is 10.2. The van der Waals surface area contributed by atoms with E-state index in [0.29, 0.717) is 46.4 Å². The number of hydrogen-bond donors (Lipinski definition) is 1. The van der Waals surface area contributed by atoms with Crippen molar-refractivity contribution in [2.75, 3.05) is 31.3 Å². The maximum absolute atomic E-state index is 12.9. The van der Waals surface area contributed by atoms with Gasteiger partial charge in [-0.3, -0.25) is 19.5 Å². The molecular weight excluding hydrogens is 554 g/mol. The van der Waals surface area contributed by atoms with Crippen molar-refractivity contribution in [3.05, 3.63) is 76.8 Å². The first-order chi connectivity index (χ1) is 19.3. The largest absolute Gasteiger partial charge is 0.495 e. The molecule has 0 atom stereocenters. The molecule has 208 valence electrons. The molecule has 0 unspecified atom stereocenters. The van der Waals surface area contributed by atoms with Gasteiger partial charge in [0.2, 0.25) is 15.9 Å². The standard InChI is InChI=1S/C27H27N5O6S2/c1-38-25-8-4-3-7-24(25)31-23-14-11-20(32(34)35)17-22(23)29-27(31)39-18-26(33)28-19-9-12-21(13-10-19)40(36,37)30-15-5-2-6-16-30/h3-4,7-14,17H,2,5-6,15-16,18H2,1H3,(H,28,33). The number of methoxy groups -OCH3 is 1. The number of hydrogen-bond acceptors (Lipinski definition) is 8. The number of rotatable bonds is 9. The molecule has 1 fully saturated rings. The molecular formula is C27H27N5O6S2. The molecule has 40 heavy (non-hydrogen) atoms. The number of nitrogens with one attached hydrogen (secondary N) is 1. The van der Waals surface area contributed by atoms with E-state index in [4.69, 9.17) is 4.74 Å². The molecule has 1 amide bonds. The van der Waals surface area contributed by atoms with Crippen LogP contribution in [0.5, 0.6) is 5.75 Å². The number of imidazole rings is 1. The first-order valence-electron chi connectivity index (χ1n) is 12.6. The summed E-state index contributed by atoms with van der Waals surface area (Å²) in [6.45, 7) is 1.04. The smallest absolute Gasteiger partial charge is 0.271 e. The van der Waals surface area contributed by atoms with Gasteiger partial charge in [0.05, 0.1) is 39.4 Å². The van der Waals surface area contributed by atoms with Crippen molar-refractivity contribution in [2.45, 2.75) is 29.3 Å². The fourth-order valence-electron chi connectivity index (χ4n) is 4.60. The van der Waals surface area contributed by atoms with Crippen LogP contribution in [0.1, 0.15) is 19.3 Å². The van der Waals surface area contributed by atoms with E-state index in [-0.39, 0.29) is 22.2 Å². The van der Waals surface area contributed by atoms with Gasteiger partial charge in [0.1, 0.15) is 5.75 Å². The Hall–Kier alpha value is -3.94. The van der Waals surface area contributed by atoms with Gasteiger partial charge in [0, 0.05) is 30.9 Å². The van der Waals surface area contributed by atoms with Gasteiger partial charge in [-0.1, -0.05) is 30.3 Å². The summed E-state index contributed by atoms with van der Waals surface area (Å²) in [5.41, 5.74) is 2.10. The van der Waals surface area contributed by atoms with Crippen molar-refractivity contribution in [3.63, 3.8) is 0 Å². The summed E-state index contributed by atoms with van der Waals surface area (Å²) in [5.74, 6) is 0.251. The molecule has 1 aromatic heterocycles. The number of ether oxygens (including phenoxy) is 1. The van der Waals surface area contributed by atoms with E-state index in [1.54, 1.807) is 35.9 Å². The number of non-ortho nitro benzene ring substituents is 1. The Balaban J connectivity index is 1.34. The lowest BCUT2D eigenvalue weighted by Gasteiger charge is -2.25. The minimum absolute atomic E-state index is 0.00556. The number of nitrogens with zero attached hydrogens (tertiary/aromatic N) is 4. The van der Waals surface area contributed by atoms with E-state index in [9.17, 15) is 23.3 Å². The SMILES string of the molecule is COc1ccccc1-n1c(SCC(=O)Nc2ccc(S(=O)(=O)N3CCCCC3)cc2)nc2cc([N+](=O)[O-])ccc21. The van der Waals surface area contributed by atoms with E-state index in [0.717, 1.165) is 19.3 Å². The molecule has 0 spiro atoms. The molecule has 1 aliphatic rings. The Kier molecular flexibility index (Phi) is 8.05. The third kappa shape index (κ3) is 5.67. The summed E-state index contributed by atoms with van der Waals surface area (Å²) in [4.78, 5) is 28.4. The second kappa shape index (κ2) is 11.7. The molecule has 4 aromatic rings. The summed E-state index contributed by atoms with van der Waals surface area (Å²) < 4.78 is 34.6. The molecule has 11 nitrogen and oxygen atoms in total. The minimum atomic E-state index is -3.56. The molecule has 0 bridgehead atoms. The lowest BCUT2D eigenvalue weighted by Crippen LogP contribution is -2.35. The van der Waals surface area contributed by atoms with E-state index in [1.165, 1.54) is 40.3 Å². The average molecular weight is 582 g/mol. The Bertz CT molecular complexity index is 1660. The van der Waals surface area contributed by atoms with Crippen LogP contribution in [0.3, 0.4) is 0 Å². The van der Waals surface area contributed by atoms with E-state index >= 15 is 0 Å². The van der Waals surface area contributed by atoms with Gasteiger partial charge in [0.25, 0.3) is 5.69 Å². The summed E-state index contributed by atoms with van der Waals surface area (Å²) in [7, 11) is -2.01. The summed E-state index contributed by atoms with van der Waals surface area (Å²) in [6, 6.07) is 17.9. The minimum Gasteiger partial charge on any atom is -0.495 e. The van der Waals surface area contributed by atoms with Crippen LogP contribution < -0.4 is 10.1 Å². The molecule has 0 radical (unpaired) electrons. The normalized spacial score (nSPS) is 14.2. The Morgan fingerprint density at radius 2 is 1.80 bits per heavy atom. The molecule has 0 aliphatic carbocycles. The lowest BCUT2D eigenvalue weighted by molar-refractivity contribution is -0.384. The Morgan fingerprint density at radius 3 is 2.50 bits per heavy atom. The highest BCUT2D eigenvalue weighted by Gasteiger charge is 2.26. The molecule has 1 saturated heterocycles. The van der Waals surface area contributed by atoms with Crippen LogP contribution in [0.4, 0.5) is 11.4 Å². The van der Waals surface area contributed by atoms with Gasteiger partial charge in [0.15, 0.2) is 5.16 Å². The quantitative estimate of drug-likeness (QED) is 0.168. The number of anilines is 1. The number of benzene rings is 3. The number of piperidine rings is 1. The molecule has 2 heterocycles. The fourth-order valence-corrected chi connectivity index (χ4v) is 6.93. The topological polar surface area (TPSA) is 137 Å². The third-order valence-electron chi connectivity index (χ3n) is 6.57. The second-order valence-electron chi connectivity index (χ2n) is 9.16. The summed E-state index contributed by atoms with van der Waals surface area (Å²) in [5, 5.41) is 14.6. The zero-order valence-corrected chi connectivity index (χ0v) is 23.3. The van der Waals surface area contributed by atoms with E-state index in [1.807, 2.05) is 18.2 Å². The highest BCUT2D eigenvalue weighted by atomic mass is 32.2. The predicted molar refractivity (Wildman–Crippen MR) is 153 cm³/mol. The molecule has 13 heteroatoms. The van der Waals surface area contributed by atoms with Crippen LogP contribution in [0, 0.1) is 10.1 Å². The van der Waals surface area contributed by atoms with Crippen molar-refractivity contribution >= 4 is 50.1 Å². The van der Waals surface area contributed by atoms with Gasteiger partial charge in [-0.25, -0.2) is 13.4 Å². The van der Waals surface area contributed by atoms with Crippen molar-refractivity contribution in [1.82, 2.24) is 13.9 Å². The first kappa shape index (κ1) is 27.6. The molecule has 1 N–H and O–H groups in total. The number of thioether (sulfide) groups is 1. The number of sulfonamides is 1. The van der Waals surface area contributed by atoms with Gasteiger partial charge in [-0.15, -0.1) is 0 Å². The van der Waals surface area contributed by atoms with Crippen LogP contribution in [0.15, 0.2) is 76.8 Å². The second-order valence-corrected chi connectivity index (χ2v) is 12.0. The number of carbonyl (C=O) groups excluding carboxylic acids is 1. The maximum Gasteiger partial charge on any atom is 0.271 e. The fraction of sp³-hybridized carbons (Fsp3) is 0.259. The van der Waals surface area contributed by atoms with Gasteiger partial charge < -0.3 is 10.1 Å². The highest BCUT2D eigenvalue weighted by molar-refractivity contribution is 7.99. The van der Waals surface area contributed by atoms with Gasteiger partial charge in [-0.05, 0) is 55.3 Å². The number of carbonyl (C=O) groups is 1. The van der Waals surface area contributed by atoms with Gasteiger partial charge >= 0.3 is 0 Å². The van der Waals surface area contributed by atoms with Crippen LogP contribution in [0.25, 0.3) is 16.7 Å². The van der Waals surface area contributed by atoms with Crippen molar-refractivity contribution in [3.8, 4) is 11.4 Å². The number of para-hydroxylation sites is 2. The third-order valence-corrected chi connectivity index (χ3v) is 9.42. The van der Waals surface area contributed by atoms with Crippen LogP contribution >= 0.6 is 11.8 Å².